The highest BCUT2D eigenvalue weighted by Crippen LogP contribution is 1.99. The Bertz CT molecular complexity index is 433. The Hall–Kier alpha value is -2.31. The van der Waals surface area contributed by atoms with Crippen molar-refractivity contribution in [2.75, 3.05) is 32.9 Å². The number of amides is 3. The minimum atomic E-state index is -0.318. The van der Waals surface area contributed by atoms with E-state index in [0.717, 1.165) is 0 Å². The van der Waals surface area contributed by atoms with E-state index in [9.17, 15) is 9.59 Å². The van der Waals surface area contributed by atoms with Crippen LogP contribution >= 0.6 is 0 Å². The topological polar surface area (TPSA) is 100 Å². The first kappa shape index (κ1) is 13.8. The van der Waals surface area contributed by atoms with Gasteiger partial charge in [0.05, 0.1) is 0 Å². The van der Waals surface area contributed by atoms with Gasteiger partial charge in [0.2, 0.25) is 0 Å². The number of nitrogen functional groups attached to an aromatic ring is 1. The highest BCUT2D eigenvalue weighted by Gasteiger charge is 2.07. The molecule has 0 radical (unpaired) electrons. The molecule has 0 spiro atoms. The number of hydrogen-bond acceptors (Lipinski definition) is 4. The molecule has 0 aliphatic rings. The van der Waals surface area contributed by atoms with E-state index in [-0.39, 0.29) is 17.6 Å². The van der Waals surface area contributed by atoms with Crippen LogP contribution in [-0.4, -0.2) is 49.0 Å². The summed E-state index contributed by atoms with van der Waals surface area (Å²) in [5, 5.41) is 5.26. The average Bonchev–Trinajstić information content (AvgIpc) is 2.33. The van der Waals surface area contributed by atoms with Gasteiger partial charge in [0.1, 0.15) is 11.5 Å². The normalized spacial score (nSPS) is 9.67. The van der Waals surface area contributed by atoms with Crippen molar-refractivity contribution in [1.29, 1.82) is 0 Å². The van der Waals surface area contributed by atoms with Gasteiger partial charge in [-0.1, -0.05) is 6.07 Å². The van der Waals surface area contributed by atoms with Gasteiger partial charge in [-0.25, -0.2) is 9.78 Å². The number of rotatable bonds is 4. The van der Waals surface area contributed by atoms with Gasteiger partial charge in [0.15, 0.2) is 0 Å². The number of nitrogens with one attached hydrogen (secondary N) is 2. The summed E-state index contributed by atoms with van der Waals surface area (Å²) in [6.45, 7) is 0.681. The first-order valence-electron chi connectivity index (χ1n) is 5.46. The third-order valence-electron chi connectivity index (χ3n) is 2.10. The van der Waals surface area contributed by atoms with Crippen molar-refractivity contribution in [1.82, 2.24) is 20.5 Å². The third-order valence-corrected chi connectivity index (χ3v) is 2.10. The third kappa shape index (κ3) is 4.28. The van der Waals surface area contributed by atoms with E-state index in [1.165, 1.54) is 4.90 Å². The summed E-state index contributed by atoms with van der Waals surface area (Å²) < 4.78 is 0. The fourth-order valence-electron chi connectivity index (χ4n) is 1.17. The van der Waals surface area contributed by atoms with Crippen LogP contribution in [0, 0.1) is 0 Å². The Kier molecular flexibility index (Phi) is 4.91. The summed E-state index contributed by atoms with van der Waals surface area (Å²) in [5.41, 5.74) is 5.73. The minimum Gasteiger partial charge on any atom is -0.384 e. The van der Waals surface area contributed by atoms with E-state index in [0.29, 0.717) is 18.9 Å². The second-order valence-corrected chi connectivity index (χ2v) is 3.83. The number of carbonyl (C=O) groups excluding carboxylic acids is 2. The molecular formula is C11H17N5O2. The number of nitrogens with two attached hydrogens (primary N) is 1. The van der Waals surface area contributed by atoms with Gasteiger partial charge in [-0.2, -0.15) is 0 Å². The molecule has 0 saturated heterocycles. The molecule has 98 valence electrons. The molecule has 0 aliphatic carbocycles. The molecule has 7 nitrogen and oxygen atoms in total. The molecule has 18 heavy (non-hydrogen) atoms. The zero-order valence-electron chi connectivity index (χ0n) is 10.4. The van der Waals surface area contributed by atoms with Gasteiger partial charge < -0.3 is 21.3 Å². The molecule has 0 unspecified atom stereocenters. The fourth-order valence-corrected chi connectivity index (χ4v) is 1.17. The molecule has 4 N–H and O–H groups in total. The Labute approximate surface area is 105 Å². The second-order valence-electron chi connectivity index (χ2n) is 3.83. The number of carbonyl (C=O) groups is 2. The molecule has 1 aromatic heterocycles. The maximum Gasteiger partial charge on any atom is 0.316 e. The number of anilines is 1. The van der Waals surface area contributed by atoms with Gasteiger partial charge in [0.25, 0.3) is 5.91 Å². The first-order valence-corrected chi connectivity index (χ1v) is 5.46. The van der Waals surface area contributed by atoms with Crippen LogP contribution in [0.2, 0.25) is 0 Å². The van der Waals surface area contributed by atoms with Crippen molar-refractivity contribution in [3.8, 4) is 0 Å². The molecule has 7 heteroatoms. The van der Waals surface area contributed by atoms with Crippen molar-refractivity contribution in [2.45, 2.75) is 0 Å². The van der Waals surface area contributed by atoms with Gasteiger partial charge in [-0.15, -0.1) is 0 Å². The smallest absolute Gasteiger partial charge is 0.316 e. The highest BCUT2D eigenvalue weighted by atomic mass is 16.2. The largest absolute Gasteiger partial charge is 0.384 e. The molecule has 0 aromatic carbocycles. The van der Waals surface area contributed by atoms with E-state index in [1.54, 1.807) is 32.3 Å². The highest BCUT2D eigenvalue weighted by molar-refractivity contribution is 5.92. The van der Waals surface area contributed by atoms with E-state index in [4.69, 9.17) is 5.73 Å². The van der Waals surface area contributed by atoms with Gasteiger partial charge >= 0.3 is 6.03 Å². The summed E-state index contributed by atoms with van der Waals surface area (Å²) in [6.07, 6.45) is 0. The zero-order valence-corrected chi connectivity index (χ0v) is 10.4. The molecule has 1 rings (SSSR count). The minimum absolute atomic E-state index is 0.202. The molecule has 0 saturated carbocycles. The number of pyridine rings is 1. The SMILES string of the molecule is CN(C)C(=O)NCCNC(=O)c1cccc(N)n1. The molecule has 1 aromatic rings. The predicted octanol–water partition coefficient (Wildman–Crippen LogP) is -0.335. The van der Waals surface area contributed by atoms with Crippen LogP contribution in [0.3, 0.4) is 0 Å². The van der Waals surface area contributed by atoms with Crippen LogP contribution in [0.5, 0.6) is 0 Å². The maximum absolute atomic E-state index is 11.6. The summed E-state index contributed by atoms with van der Waals surface area (Å²) >= 11 is 0. The molecule has 0 aliphatic heterocycles. The monoisotopic (exact) mass is 251 g/mol. The molecular weight excluding hydrogens is 234 g/mol. The standard InChI is InChI=1S/C11H17N5O2/c1-16(2)11(18)14-7-6-13-10(17)8-4-3-5-9(12)15-8/h3-5H,6-7H2,1-2H3,(H2,12,15)(H,13,17)(H,14,18). The summed E-state index contributed by atoms with van der Waals surface area (Å²) in [5.74, 6) is -0.0232. The van der Waals surface area contributed by atoms with Crippen molar-refractivity contribution in [3.63, 3.8) is 0 Å². The lowest BCUT2D eigenvalue weighted by atomic mass is 10.3. The Morgan fingerprint density at radius 1 is 1.28 bits per heavy atom. The van der Waals surface area contributed by atoms with Crippen LogP contribution in [0.25, 0.3) is 0 Å². The predicted molar refractivity (Wildman–Crippen MR) is 68.1 cm³/mol. The lowest BCUT2D eigenvalue weighted by Crippen LogP contribution is -2.39. The van der Waals surface area contributed by atoms with E-state index in [1.807, 2.05) is 0 Å². The lowest BCUT2D eigenvalue weighted by molar-refractivity contribution is 0.0949. The Morgan fingerprint density at radius 3 is 2.56 bits per heavy atom. The van der Waals surface area contributed by atoms with Crippen LogP contribution in [0.15, 0.2) is 18.2 Å². The zero-order chi connectivity index (χ0) is 13.5. The van der Waals surface area contributed by atoms with Crippen molar-refractivity contribution in [2.24, 2.45) is 0 Å². The van der Waals surface area contributed by atoms with Gasteiger partial charge in [-0.3, -0.25) is 4.79 Å². The number of urea groups is 1. The Balaban J connectivity index is 2.32. The lowest BCUT2D eigenvalue weighted by Gasteiger charge is -2.12. The molecule has 3 amide bonds. The maximum atomic E-state index is 11.6. The number of hydrogen-bond donors (Lipinski definition) is 3. The molecule has 1 heterocycles. The molecule has 0 atom stereocenters. The van der Waals surface area contributed by atoms with E-state index >= 15 is 0 Å². The summed E-state index contributed by atoms with van der Waals surface area (Å²) in [4.78, 5) is 28.1. The quantitative estimate of drug-likeness (QED) is 0.637. The van der Waals surface area contributed by atoms with Gasteiger partial charge in [-0.05, 0) is 12.1 Å². The average molecular weight is 251 g/mol. The summed E-state index contributed by atoms with van der Waals surface area (Å²) in [7, 11) is 3.29. The van der Waals surface area contributed by atoms with Crippen molar-refractivity contribution < 1.29 is 9.59 Å². The van der Waals surface area contributed by atoms with Crippen molar-refractivity contribution in [3.05, 3.63) is 23.9 Å². The number of nitrogens with zero attached hydrogens (tertiary/aromatic N) is 2. The van der Waals surface area contributed by atoms with E-state index in [2.05, 4.69) is 15.6 Å². The summed E-state index contributed by atoms with van der Waals surface area (Å²) in [6, 6.07) is 4.63. The van der Waals surface area contributed by atoms with Crippen LogP contribution in [0.4, 0.5) is 10.6 Å². The molecule has 0 bridgehead atoms. The van der Waals surface area contributed by atoms with Gasteiger partial charge in [0, 0.05) is 27.2 Å². The van der Waals surface area contributed by atoms with Crippen LogP contribution in [-0.2, 0) is 0 Å². The van der Waals surface area contributed by atoms with Crippen LogP contribution in [0.1, 0.15) is 10.5 Å². The first-order chi connectivity index (χ1) is 8.50. The fraction of sp³-hybridized carbons (Fsp3) is 0.364. The van der Waals surface area contributed by atoms with E-state index < -0.39 is 0 Å². The second kappa shape index (κ2) is 6.43. The number of aromatic nitrogens is 1. The Morgan fingerprint density at radius 2 is 1.94 bits per heavy atom. The molecule has 0 fully saturated rings. The van der Waals surface area contributed by atoms with Crippen molar-refractivity contribution >= 4 is 17.8 Å². The van der Waals surface area contributed by atoms with Crippen LogP contribution < -0.4 is 16.4 Å².